The van der Waals surface area contributed by atoms with Crippen molar-refractivity contribution in [2.45, 2.75) is 78.8 Å². The molecule has 1 fully saturated rings. The van der Waals surface area contributed by atoms with Crippen LogP contribution in [0.1, 0.15) is 73.3 Å². The van der Waals surface area contributed by atoms with Crippen LogP contribution in [-0.4, -0.2) is 44.0 Å². The van der Waals surface area contributed by atoms with Crippen LogP contribution in [0.4, 0.5) is 0 Å². The Labute approximate surface area is 197 Å². The first kappa shape index (κ1) is 23.4. The Hall–Kier alpha value is -2.73. The Morgan fingerprint density at radius 3 is 2.67 bits per heavy atom. The van der Waals surface area contributed by atoms with Crippen LogP contribution >= 0.6 is 0 Å². The summed E-state index contributed by atoms with van der Waals surface area (Å²) >= 11 is 0. The van der Waals surface area contributed by atoms with Gasteiger partial charge in [0.15, 0.2) is 5.65 Å². The summed E-state index contributed by atoms with van der Waals surface area (Å²) in [5.74, 6) is 0.499. The first-order chi connectivity index (χ1) is 15.6. The molecule has 176 valence electrons. The van der Waals surface area contributed by atoms with Crippen LogP contribution in [0.5, 0.6) is 0 Å². The summed E-state index contributed by atoms with van der Waals surface area (Å²) in [6.07, 6.45) is 2.25. The molecule has 0 saturated carbocycles. The molecule has 1 saturated heterocycles. The highest BCUT2D eigenvalue weighted by Crippen LogP contribution is 2.29. The van der Waals surface area contributed by atoms with Crippen molar-refractivity contribution in [3.8, 4) is 0 Å². The van der Waals surface area contributed by atoms with Crippen molar-refractivity contribution in [1.29, 1.82) is 0 Å². The van der Waals surface area contributed by atoms with Crippen molar-refractivity contribution < 1.29 is 4.79 Å². The van der Waals surface area contributed by atoms with Crippen molar-refractivity contribution in [3.05, 3.63) is 64.1 Å². The van der Waals surface area contributed by atoms with Gasteiger partial charge in [0.1, 0.15) is 0 Å². The fraction of sp³-hybridized carbons (Fsp3) is 0.519. The van der Waals surface area contributed by atoms with Crippen molar-refractivity contribution in [3.63, 3.8) is 0 Å². The Kier molecular flexibility index (Phi) is 6.57. The molecule has 3 heterocycles. The van der Waals surface area contributed by atoms with E-state index in [1.807, 2.05) is 32.2 Å². The fourth-order valence-corrected chi connectivity index (χ4v) is 4.87. The number of aromatic nitrogens is 3. The number of hydrogen-bond acceptors (Lipinski definition) is 4. The second-order valence-corrected chi connectivity index (χ2v) is 10.5. The van der Waals surface area contributed by atoms with Gasteiger partial charge in [0, 0.05) is 48.4 Å². The zero-order valence-corrected chi connectivity index (χ0v) is 20.9. The molecule has 1 atom stereocenters. The number of rotatable bonds is 6. The van der Waals surface area contributed by atoms with E-state index in [-0.39, 0.29) is 11.4 Å². The van der Waals surface area contributed by atoms with Crippen LogP contribution in [0.15, 0.2) is 30.3 Å². The first-order valence-corrected chi connectivity index (χ1v) is 12.0. The maximum Gasteiger partial charge on any atom is 0.220 e. The van der Waals surface area contributed by atoms with Crippen LogP contribution in [0.25, 0.3) is 5.65 Å². The number of carbonyl (C=O) groups excluding carboxylic acids is 1. The SMILES string of the molecule is Cc1ccccc1CN1CC[C@H](c2cc3nc(C)c(CCC(=O)NC(C)(C)C)c(C)n3n2)C1. The van der Waals surface area contributed by atoms with Gasteiger partial charge in [-0.25, -0.2) is 9.50 Å². The van der Waals surface area contributed by atoms with Gasteiger partial charge >= 0.3 is 0 Å². The highest BCUT2D eigenvalue weighted by atomic mass is 16.1. The number of aryl methyl sites for hydroxylation is 3. The minimum absolute atomic E-state index is 0.0715. The molecular formula is C27H37N5O. The molecule has 0 aliphatic carbocycles. The monoisotopic (exact) mass is 447 g/mol. The molecule has 4 rings (SSSR count). The van der Waals surface area contributed by atoms with Crippen LogP contribution in [-0.2, 0) is 17.8 Å². The summed E-state index contributed by atoms with van der Waals surface area (Å²) in [7, 11) is 0. The Bertz CT molecular complexity index is 1160. The van der Waals surface area contributed by atoms with Crippen molar-refractivity contribution in [2.75, 3.05) is 13.1 Å². The van der Waals surface area contributed by atoms with E-state index in [0.717, 1.165) is 54.3 Å². The second-order valence-electron chi connectivity index (χ2n) is 10.5. The van der Waals surface area contributed by atoms with E-state index in [9.17, 15) is 4.79 Å². The molecule has 0 unspecified atom stereocenters. The number of hydrogen-bond donors (Lipinski definition) is 1. The fourth-order valence-electron chi connectivity index (χ4n) is 4.87. The van der Waals surface area contributed by atoms with Crippen molar-refractivity contribution >= 4 is 11.6 Å². The lowest BCUT2D eigenvalue weighted by atomic mass is 10.0. The number of nitrogens with zero attached hydrogens (tertiary/aromatic N) is 4. The van der Waals surface area contributed by atoms with E-state index >= 15 is 0 Å². The minimum atomic E-state index is -0.214. The summed E-state index contributed by atoms with van der Waals surface area (Å²) in [5.41, 5.74) is 7.77. The lowest BCUT2D eigenvalue weighted by Crippen LogP contribution is -2.40. The minimum Gasteiger partial charge on any atom is -0.351 e. The maximum atomic E-state index is 12.3. The van der Waals surface area contributed by atoms with E-state index in [2.05, 4.69) is 54.4 Å². The quantitative estimate of drug-likeness (QED) is 0.605. The molecule has 6 nitrogen and oxygen atoms in total. The standard InChI is InChI=1S/C27H37N5O/c1-18-9-7-8-10-21(18)16-31-14-13-22(17-31)24-15-25-28-19(2)23(20(3)32(25)30-24)11-12-26(33)29-27(4,5)6/h7-10,15,22H,11-14,16-17H2,1-6H3,(H,29,33)/t22-/m0/s1. The molecule has 0 radical (unpaired) electrons. The third-order valence-corrected chi connectivity index (χ3v) is 6.65. The zero-order chi connectivity index (χ0) is 23.8. The molecule has 1 aliphatic heterocycles. The molecule has 0 bridgehead atoms. The third-order valence-electron chi connectivity index (χ3n) is 6.65. The van der Waals surface area contributed by atoms with Gasteiger partial charge in [0.05, 0.1) is 5.69 Å². The summed E-state index contributed by atoms with van der Waals surface area (Å²) < 4.78 is 1.98. The normalized spacial score (nSPS) is 17.1. The lowest BCUT2D eigenvalue weighted by molar-refractivity contribution is -0.122. The van der Waals surface area contributed by atoms with Gasteiger partial charge in [-0.3, -0.25) is 9.69 Å². The molecule has 1 aromatic carbocycles. The highest BCUT2D eigenvalue weighted by molar-refractivity contribution is 5.77. The molecule has 1 amide bonds. The van der Waals surface area contributed by atoms with E-state index in [1.54, 1.807) is 0 Å². The Balaban J connectivity index is 1.47. The van der Waals surface area contributed by atoms with Gasteiger partial charge in [-0.15, -0.1) is 0 Å². The van der Waals surface area contributed by atoms with E-state index in [4.69, 9.17) is 10.1 Å². The molecule has 6 heteroatoms. The summed E-state index contributed by atoms with van der Waals surface area (Å²) in [6.45, 7) is 15.4. The van der Waals surface area contributed by atoms with Gasteiger partial charge in [0.25, 0.3) is 0 Å². The average Bonchev–Trinajstić information content (AvgIpc) is 3.35. The molecule has 2 aromatic heterocycles. The molecule has 33 heavy (non-hydrogen) atoms. The Morgan fingerprint density at radius 2 is 1.94 bits per heavy atom. The largest absolute Gasteiger partial charge is 0.351 e. The van der Waals surface area contributed by atoms with E-state index in [1.165, 1.54) is 11.1 Å². The lowest BCUT2D eigenvalue weighted by Gasteiger charge is -2.20. The summed E-state index contributed by atoms with van der Waals surface area (Å²) in [6, 6.07) is 10.8. The summed E-state index contributed by atoms with van der Waals surface area (Å²) in [5, 5.41) is 8.01. The van der Waals surface area contributed by atoms with Gasteiger partial charge in [-0.05, 0) is 77.6 Å². The second kappa shape index (κ2) is 9.26. The van der Waals surface area contributed by atoms with Crippen LogP contribution in [0, 0.1) is 20.8 Å². The number of fused-ring (bicyclic) bond motifs is 1. The van der Waals surface area contributed by atoms with Crippen molar-refractivity contribution in [2.24, 2.45) is 0 Å². The van der Waals surface area contributed by atoms with Crippen LogP contribution in [0.3, 0.4) is 0 Å². The zero-order valence-electron chi connectivity index (χ0n) is 20.9. The van der Waals surface area contributed by atoms with Gasteiger partial charge in [-0.1, -0.05) is 24.3 Å². The maximum absolute atomic E-state index is 12.3. The number of amides is 1. The number of benzene rings is 1. The molecular weight excluding hydrogens is 410 g/mol. The van der Waals surface area contributed by atoms with Crippen LogP contribution in [0.2, 0.25) is 0 Å². The third kappa shape index (κ3) is 5.44. The van der Waals surface area contributed by atoms with Gasteiger partial charge < -0.3 is 5.32 Å². The topological polar surface area (TPSA) is 62.5 Å². The van der Waals surface area contributed by atoms with Gasteiger partial charge in [-0.2, -0.15) is 5.10 Å². The molecule has 1 aliphatic rings. The number of carbonyl (C=O) groups is 1. The average molecular weight is 448 g/mol. The predicted molar refractivity (Wildman–Crippen MR) is 132 cm³/mol. The van der Waals surface area contributed by atoms with Crippen LogP contribution < -0.4 is 5.32 Å². The van der Waals surface area contributed by atoms with Gasteiger partial charge in [0.2, 0.25) is 5.91 Å². The highest BCUT2D eigenvalue weighted by Gasteiger charge is 2.27. The summed E-state index contributed by atoms with van der Waals surface area (Å²) in [4.78, 5) is 19.7. The molecule has 0 spiro atoms. The molecule has 3 aromatic rings. The molecule has 1 N–H and O–H groups in total. The Morgan fingerprint density at radius 1 is 1.18 bits per heavy atom. The van der Waals surface area contributed by atoms with E-state index < -0.39 is 0 Å². The van der Waals surface area contributed by atoms with Crippen molar-refractivity contribution in [1.82, 2.24) is 24.8 Å². The number of nitrogens with one attached hydrogen (secondary N) is 1. The predicted octanol–water partition coefficient (Wildman–Crippen LogP) is 4.49. The first-order valence-electron chi connectivity index (χ1n) is 12.0. The smallest absolute Gasteiger partial charge is 0.220 e. The number of likely N-dealkylation sites (tertiary alicyclic amines) is 1. The van der Waals surface area contributed by atoms with E-state index in [0.29, 0.717) is 18.8 Å².